The monoisotopic (exact) mass is 196 g/mol. The minimum atomic E-state index is 0.0124. The molecule has 1 rings (SSSR count). The molecule has 1 heterocycles. The molecule has 1 aromatic rings. The van der Waals surface area contributed by atoms with Gasteiger partial charge in [0.1, 0.15) is 11.4 Å². The van der Waals surface area contributed by atoms with Gasteiger partial charge in [-0.05, 0) is 5.92 Å². The average molecular weight is 196 g/mol. The summed E-state index contributed by atoms with van der Waals surface area (Å²) in [6, 6.07) is 0. The lowest BCUT2D eigenvalue weighted by atomic mass is 9.84. The summed E-state index contributed by atoms with van der Waals surface area (Å²) in [7, 11) is 0. The maximum Gasteiger partial charge on any atom is 0.113 e. The van der Waals surface area contributed by atoms with Crippen LogP contribution in [0.2, 0.25) is 0 Å². The molecule has 0 saturated carbocycles. The van der Waals surface area contributed by atoms with Crippen molar-refractivity contribution in [3.8, 4) is 0 Å². The van der Waals surface area contributed by atoms with Gasteiger partial charge in [-0.2, -0.15) is 0 Å². The van der Waals surface area contributed by atoms with E-state index in [0.717, 1.165) is 11.4 Å². The Morgan fingerprint density at radius 2 is 1.64 bits per heavy atom. The van der Waals surface area contributed by atoms with Gasteiger partial charge in [0.2, 0.25) is 0 Å². The van der Waals surface area contributed by atoms with E-state index in [9.17, 15) is 0 Å². The van der Waals surface area contributed by atoms with Crippen LogP contribution < -0.4 is 0 Å². The quantitative estimate of drug-likeness (QED) is 0.729. The van der Waals surface area contributed by atoms with Crippen molar-refractivity contribution in [3.05, 3.63) is 11.4 Å². The maximum atomic E-state index is 4.84. The Hall–Kier alpha value is -0.860. The lowest BCUT2D eigenvalue weighted by Gasteiger charge is -2.19. The molecule has 0 aliphatic carbocycles. The summed E-state index contributed by atoms with van der Waals surface area (Å²) in [5, 5.41) is 8.02. The molecule has 80 valence electrons. The fraction of sp³-hybridized carbons (Fsp3) is 0.818. The summed E-state index contributed by atoms with van der Waals surface area (Å²) < 4.78 is 4.84. The molecule has 0 bridgehead atoms. The maximum absolute atomic E-state index is 4.84. The predicted molar refractivity (Wildman–Crippen MR) is 56.3 cm³/mol. The molecule has 0 radical (unpaired) electrons. The Bertz CT molecular complexity index is 296. The van der Waals surface area contributed by atoms with E-state index in [0.29, 0.717) is 11.8 Å². The van der Waals surface area contributed by atoms with Crippen LogP contribution >= 0.6 is 0 Å². The van der Waals surface area contributed by atoms with Crippen LogP contribution in [-0.4, -0.2) is 10.3 Å². The first-order chi connectivity index (χ1) is 6.34. The van der Waals surface area contributed by atoms with E-state index in [1.165, 1.54) is 0 Å². The third-order valence-electron chi connectivity index (χ3n) is 2.66. The second-order valence-electron chi connectivity index (χ2n) is 5.28. The molecule has 0 aromatic carbocycles. The molecule has 3 heteroatoms. The van der Waals surface area contributed by atoms with Crippen molar-refractivity contribution in [1.82, 2.24) is 10.3 Å². The fourth-order valence-electron chi connectivity index (χ4n) is 1.33. The average Bonchev–Trinajstić information content (AvgIpc) is 2.48. The highest BCUT2D eigenvalue weighted by molar-refractivity contribution is 5.20. The van der Waals surface area contributed by atoms with Gasteiger partial charge in [0.15, 0.2) is 0 Å². The van der Waals surface area contributed by atoms with Gasteiger partial charge < -0.3 is 0 Å². The Morgan fingerprint density at radius 3 is 2.07 bits per heavy atom. The first kappa shape index (κ1) is 11.2. The topological polar surface area (TPSA) is 38.9 Å². The minimum absolute atomic E-state index is 0.0124. The lowest BCUT2D eigenvalue weighted by molar-refractivity contribution is 0.291. The van der Waals surface area contributed by atoms with E-state index in [-0.39, 0.29) is 5.41 Å². The van der Waals surface area contributed by atoms with E-state index in [2.05, 4.69) is 51.9 Å². The molecule has 0 aliphatic heterocycles. The molecule has 0 N–H and O–H groups in total. The van der Waals surface area contributed by atoms with Crippen molar-refractivity contribution in [2.45, 2.75) is 52.9 Å². The summed E-state index contributed by atoms with van der Waals surface area (Å²) in [6.07, 6.45) is 0. The van der Waals surface area contributed by atoms with Gasteiger partial charge in [-0.3, -0.25) is 0 Å². The van der Waals surface area contributed by atoms with E-state index in [1.54, 1.807) is 0 Å². The molecule has 1 unspecified atom stereocenters. The van der Waals surface area contributed by atoms with E-state index in [4.69, 9.17) is 4.63 Å². The number of aromatic nitrogens is 2. The van der Waals surface area contributed by atoms with Crippen LogP contribution in [0.15, 0.2) is 4.63 Å². The second kappa shape index (κ2) is 3.71. The summed E-state index contributed by atoms with van der Waals surface area (Å²) in [5.74, 6) is 0.957. The minimum Gasteiger partial charge on any atom is -0.244 e. The largest absolute Gasteiger partial charge is 0.244 e. The first-order valence-electron chi connectivity index (χ1n) is 5.17. The van der Waals surface area contributed by atoms with Crippen molar-refractivity contribution >= 4 is 0 Å². The summed E-state index contributed by atoms with van der Waals surface area (Å²) in [4.78, 5) is 0. The smallest absolute Gasteiger partial charge is 0.113 e. The number of hydrogen-bond acceptors (Lipinski definition) is 3. The van der Waals surface area contributed by atoms with E-state index < -0.39 is 0 Å². The van der Waals surface area contributed by atoms with Gasteiger partial charge in [-0.15, -0.1) is 0 Å². The molecule has 3 nitrogen and oxygen atoms in total. The zero-order valence-electron chi connectivity index (χ0n) is 9.96. The Labute approximate surface area is 85.9 Å². The number of rotatable bonds is 2. The molecular formula is C11H20N2O. The van der Waals surface area contributed by atoms with Gasteiger partial charge in [0, 0.05) is 11.3 Å². The molecule has 1 aromatic heterocycles. The Morgan fingerprint density at radius 1 is 1.07 bits per heavy atom. The molecule has 14 heavy (non-hydrogen) atoms. The molecule has 0 aliphatic rings. The highest BCUT2D eigenvalue weighted by atomic mass is 16.6. The van der Waals surface area contributed by atoms with Crippen LogP contribution in [0.1, 0.15) is 58.8 Å². The van der Waals surface area contributed by atoms with Gasteiger partial charge >= 0.3 is 0 Å². The predicted octanol–water partition coefficient (Wildman–Crippen LogP) is 3.13. The Kier molecular flexibility index (Phi) is 2.98. The molecule has 1 atom stereocenters. The number of hydrogen-bond donors (Lipinski definition) is 0. The zero-order chi connectivity index (χ0) is 10.9. The third kappa shape index (κ3) is 2.14. The summed E-state index contributed by atoms with van der Waals surface area (Å²) in [5.41, 5.74) is 2.00. The standard InChI is InChI=1S/C11H20N2O/c1-7(2)8(3)9-10(11(4,5)6)13-14-12-9/h7-8H,1-6H3. The summed E-state index contributed by atoms with van der Waals surface area (Å²) >= 11 is 0. The van der Waals surface area contributed by atoms with Crippen molar-refractivity contribution < 1.29 is 4.63 Å². The molecule has 0 spiro atoms. The van der Waals surface area contributed by atoms with Crippen LogP contribution in [0.3, 0.4) is 0 Å². The van der Waals surface area contributed by atoms with E-state index in [1.807, 2.05) is 0 Å². The highest BCUT2D eigenvalue weighted by Crippen LogP contribution is 2.30. The van der Waals surface area contributed by atoms with Crippen molar-refractivity contribution in [2.24, 2.45) is 5.92 Å². The number of nitrogens with zero attached hydrogens (tertiary/aromatic N) is 2. The first-order valence-corrected chi connectivity index (χ1v) is 5.17. The van der Waals surface area contributed by atoms with Gasteiger partial charge in [0.05, 0.1) is 0 Å². The van der Waals surface area contributed by atoms with Gasteiger partial charge in [-0.1, -0.05) is 51.9 Å². The normalized spacial score (nSPS) is 14.8. The van der Waals surface area contributed by atoms with E-state index >= 15 is 0 Å². The summed E-state index contributed by atoms with van der Waals surface area (Å²) in [6.45, 7) is 12.9. The lowest BCUT2D eigenvalue weighted by Crippen LogP contribution is -2.17. The fourth-order valence-corrected chi connectivity index (χ4v) is 1.33. The molecular weight excluding hydrogens is 176 g/mol. The van der Waals surface area contributed by atoms with Crippen LogP contribution in [-0.2, 0) is 5.41 Å². The van der Waals surface area contributed by atoms with Crippen molar-refractivity contribution in [3.63, 3.8) is 0 Å². The van der Waals surface area contributed by atoms with Gasteiger partial charge in [0.25, 0.3) is 0 Å². The van der Waals surface area contributed by atoms with Crippen LogP contribution in [0, 0.1) is 5.92 Å². The highest BCUT2D eigenvalue weighted by Gasteiger charge is 2.27. The second-order valence-corrected chi connectivity index (χ2v) is 5.28. The van der Waals surface area contributed by atoms with Gasteiger partial charge in [-0.25, -0.2) is 4.63 Å². The van der Waals surface area contributed by atoms with Crippen LogP contribution in [0.5, 0.6) is 0 Å². The van der Waals surface area contributed by atoms with Crippen molar-refractivity contribution in [1.29, 1.82) is 0 Å². The van der Waals surface area contributed by atoms with Crippen LogP contribution in [0.4, 0.5) is 0 Å². The van der Waals surface area contributed by atoms with Crippen LogP contribution in [0.25, 0.3) is 0 Å². The Balaban J connectivity index is 3.05. The zero-order valence-corrected chi connectivity index (χ0v) is 9.96. The molecule has 0 amide bonds. The molecule has 0 fully saturated rings. The van der Waals surface area contributed by atoms with Crippen molar-refractivity contribution in [2.75, 3.05) is 0 Å². The molecule has 0 saturated heterocycles. The third-order valence-corrected chi connectivity index (χ3v) is 2.66. The SMILES string of the molecule is CC(C)C(C)c1nonc1C(C)(C)C.